The van der Waals surface area contributed by atoms with Crippen molar-refractivity contribution in [3.05, 3.63) is 28.5 Å². The van der Waals surface area contributed by atoms with Crippen molar-refractivity contribution >= 4 is 27.8 Å². The van der Waals surface area contributed by atoms with Crippen LogP contribution in [0.2, 0.25) is 0 Å². The first-order valence-electron chi connectivity index (χ1n) is 9.68. The lowest BCUT2D eigenvalue weighted by Crippen LogP contribution is -2.24. The van der Waals surface area contributed by atoms with Crippen LogP contribution < -0.4 is 5.32 Å². The van der Waals surface area contributed by atoms with Gasteiger partial charge in [-0.15, -0.1) is 0 Å². The van der Waals surface area contributed by atoms with E-state index in [0.29, 0.717) is 25.1 Å². The normalized spacial score (nSPS) is 10.5. The zero-order valence-electron chi connectivity index (χ0n) is 15.8. The van der Waals surface area contributed by atoms with E-state index in [2.05, 4.69) is 26.2 Å². The number of nitrogens with one attached hydrogen (secondary N) is 1. The zero-order valence-corrected chi connectivity index (χ0v) is 17.4. The summed E-state index contributed by atoms with van der Waals surface area (Å²) in [6, 6.07) is 1.71. The van der Waals surface area contributed by atoms with Crippen LogP contribution >= 0.6 is 15.9 Å². The number of carbonyl (C=O) groups is 2. The van der Waals surface area contributed by atoms with Crippen LogP contribution in [0.5, 0.6) is 0 Å². The molecule has 0 spiro atoms. The fourth-order valence-electron chi connectivity index (χ4n) is 2.72. The Labute approximate surface area is 165 Å². The van der Waals surface area contributed by atoms with Gasteiger partial charge in [0.05, 0.1) is 12.2 Å². The monoisotopic (exact) mass is 426 g/mol. The Balaban J connectivity index is 1.89. The Bertz CT molecular complexity index is 538. The predicted octanol–water partition coefficient (Wildman–Crippen LogP) is 5.04. The molecule has 0 unspecified atom stereocenters. The average molecular weight is 427 g/mol. The summed E-state index contributed by atoms with van der Waals surface area (Å²) < 4.78 is 5.63. The Morgan fingerprint density at radius 2 is 1.65 bits per heavy atom. The number of ether oxygens (including phenoxy) is 1. The molecule has 1 rings (SSSR count). The molecule has 1 aromatic rings. The molecule has 1 amide bonds. The molecule has 0 saturated carbocycles. The average Bonchev–Trinajstić information content (AvgIpc) is 2.63. The minimum Gasteiger partial charge on any atom is -0.466 e. The van der Waals surface area contributed by atoms with Crippen LogP contribution in [0.3, 0.4) is 0 Å². The number of nitrogens with zero attached hydrogens (tertiary/aromatic N) is 1. The quantitative estimate of drug-likeness (QED) is 0.334. The second-order valence-electron chi connectivity index (χ2n) is 6.35. The maximum Gasteiger partial charge on any atom is 0.305 e. The smallest absolute Gasteiger partial charge is 0.305 e. The van der Waals surface area contributed by atoms with Crippen molar-refractivity contribution in [3.8, 4) is 0 Å². The van der Waals surface area contributed by atoms with Crippen LogP contribution in [0.4, 0.5) is 0 Å². The molecule has 146 valence electrons. The largest absolute Gasteiger partial charge is 0.466 e. The second-order valence-corrected chi connectivity index (χ2v) is 7.20. The van der Waals surface area contributed by atoms with Gasteiger partial charge in [-0.05, 0) is 41.8 Å². The van der Waals surface area contributed by atoms with E-state index in [1.165, 1.54) is 32.1 Å². The highest BCUT2D eigenvalue weighted by atomic mass is 79.9. The summed E-state index contributed by atoms with van der Waals surface area (Å²) in [5.41, 5.74) is 0.628. The van der Waals surface area contributed by atoms with Crippen LogP contribution in [-0.2, 0) is 9.53 Å². The van der Waals surface area contributed by atoms with Gasteiger partial charge in [0, 0.05) is 29.8 Å². The van der Waals surface area contributed by atoms with E-state index in [4.69, 9.17) is 4.74 Å². The van der Waals surface area contributed by atoms with Crippen molar-refractivity contribution < 1.29 is 14.3 Å². The highest BCUT2D eigenvalue weighted by Crippen LogP contribution is 2.14. The number of pyridine rings is 1. The number of carbonyl (C=O) groups excluding carboxylic acids is 2. The van der Waals surface area contributed by atoms with E-state index < -0.39 is 0 Å². The molecule has 0 saturated heterocycles. The van der Waals surface area contributed by atoms with Crippen LogP contribution in [0.15, 0.2) is 22.9 Å². The van der Waals surface area contributed by atoms with Crippen molar-refractivity contribution in [2.24, 2.45) is 0 Å². The third-order valence-corrected chi connectivity index (χ3v) is 4.80. The van der Waals surface area contributed by atoms with E-state index in [1.807, 2.05) is 6.92 Å². The zero-order chi connectivity index (χ0) is 19.0. The maximum atomic E-state index is 12.0. The fourth-order valence-corrected chi connectivity index (χ4v) is 3.15. The molecule has 5 nitrogen and oxygen atoms in total. The highest BCUT2D eigenvalue weighted by molar-refractivity contribution is 9.10. The van der Waals surface area contributed by atoms with Gasteiger partial charge in [0.25, 0.3) is 5.91 Å². The van der Waals surface area contributed by atoms with Crippen molar-refractivity contribution in [1.82, 2.24) is 10.3 Å². The van der Waals surface area contributed by atoms with Gasteiger partial charge in [-0.25, -0.2) is 0 Å². The lowest BCUT2D eigenvalue weighted by atomic mass is 10.1. The molecule has 0 atom stereocenters. The number of rotatable bonds is 14. The summed E-state index contributed by atoms with van der Waals surface area (Å²) in [4.78, 5) is 27.2. The molecule has 1 heterocycles. The first kappa shape index (κ1) is 22.6. The second kappa shape index (κ2) is 14.7. The number of unbranched alkanes of at least 4 members (excludes halogenated alkanes) is 8. The first-order chi connectivity index (χ1) is 12.6. The molecule has 0 aliphatic heterocycles. The van der Waals surface area contributed by atoms with Crippen molar-refractivity contribution in [2.45, 2.75) is 71.1 Å². The van der Waals surface area contributed by atoms with Crippen molar-refractivity contribution in [3.63, 3.8) is 0 Å². The highest BCUT2D eigenvalue weighted by Gasteiger charge is 2.08. The van der Waals surface area contributed by atoms with Crippen LogP contribution in [0.25, 0.3) is 0 Å². The molecular weight excluding hydrogens is 396 g/mol. The number of amides is 1. The third kappa shape index (κ3) is 10.5. The number of esters is 1. The third-order valence-electron chi connectivity index (χ3n) is 4.17. The minimum atomic E-state index is -0.0733. The van der Waals surface area contributed by atoms with Gasteiger partial charge in [0.2, 0.25) is 0 Å². The maximum absolute atomic E-state index is 12.0. The molecule has 0 aromatic carbocycles. The van der Waals surface area contributed by atoms with Gasteiger partial charge in [-0.2, -0.15) is 0 Å². The van der Waals surface area contributed by atoms with E-state index in [0.717, 1.165) is 30.2 Å². The van der Waals surface area contributed by atoms with Crippen LogP contribution in [0.1, 0.15) is 81.5 Å². The summed E-state index contributed by atoms with van der Waals surface area (Å²) in [6.07, 6.45) is 14.1. The molecular formula is C20H31BrN2O3. The number of hydrogen-bond donors (Lipinski definition) is 1. The van der Waals surface area contributed by atoms with Gasteiger partial charge < -0.3 is 10.1 Å². The SMILES string of the molecule is CCOC(=O)CCCCCCCCCCCNC(=O)c1ccncc1Br. The minimum absolute atomic E-state index is 0.0536. The van der Waals surface area contributed by atoms with E-state index in [9.17, 15) is 9.59 Å². The van der Waals surface area contributed by atoms with Gasteiger partial charge in [0.1, 0.15) is 0 Å². The molecule has 1 N–H and O–H groups in total. The van der Waals surface area contributed by atoms with Gasteiger partial charge in [-0.3, -0.25) is 14.6 Å². The summed E-state index contributed by atoms with van der Waals surface area (Å²) >= 11 is 3.34. The fraction of sp³-hybridized carbons (Fsp3) is 0.650. The summed E-state index contributed by atoms with van der Waals surface area (Å²) in [5, 5.41) is 2.95. The van der Waals surface area contributed by atoms with Gasteiger partial charge in [-0.1, -0.05) is 44.9 Å². The van der Waals surface area contributed by atoms with E-state index >= 15 is 0 Å². The summed E-state index contributed by atoms with van der Waals surface area (Å²) in [5.74, 6) is -0.127. The standard InChI is InChI=1S/C20H31BrN2O3/c1-2-26-19(24)12-10-8-6-4-3-5-7-9-11-14-23-20(25)17-13-15-22-16-18(17)21/h13,15-16H,2-12,14H2,1H3,(H,23,25). The first-order valence-corrected chi connectivity index (χ1v) is 10.5. The molecule has 0 fully saturated rings. The molecule has 1 aromatic heterocycles. The molecule has 0 aliphatic carbocycles. The number of halogens is 1. The van der Waals surface area contributed by atoms with Crippen molar-refractivity contribution in [2.75, 3.05) is 13.2 Å². The Kier molecular flexibility index (Phi) is 12.8. The molecule has 0 aliphatic rings. The summed E-state index contributed by atoms with van der Waals surface area (Å²) in [7, 11) is 0. The van der Waals surface area contributed by atoms with Gasteiger partial charge in [0.15, 0.2) is 0 Å². The summed E-state index contributed by atoms with van der Waals surface area (Å²) in [6.45, 7) is 3.02. The van der Waals surface area contributed by atoms with Crippen LogP contribution in [-0.4, -0.2) is 30.0 Å². The Hall–Kier alpha value is -1.43. The van der Waals surface area contributed by atoms with Crippen LogP contribution in [0, 0.1) is 0 Å². The predicted molar refractivity (Wildman–Crippen MR) is 107 cm³/mol. The molecule has 26 heavy (non-hydrogen) atoms. The lowest BCUT2D eigenvalue weighted by Gasteiger charge is -2.06. The van der Waals surface area contributed by atoms with Crippen molar-refractivity contribution in [1.29, 1.82) is 0 Å². The number of hydrogen-bond acceptors (Lipinski definition) is 4. The Morgan fingerprint density at radius 1 is 1.04 bits per heavy atom. The lowest BCUT2D eigenvalue weighted by molar-refractivity contribution is -0.143. The van der Waals surface area contributed by atoms with Gasteiger partial charge >= 0.3 is 5.97 Å². The molecule has 0 bridgehead atoms. The molecule has 0 radical (unpaired) electrons. The topological polar surface area (TPSA) is 68.3 Å². The Morgan fingerprint density at radius 3 is 2.27 bits per heavy atom. The van der Waals surface area contributed by atoms with E-state index in [1.54, 1.807) is 18.5 Å². The van der Waals surface area contributed by atoms with E-state index in [-0.39, 0.29) is 11.9 Å². The molecule has 6 heteroatoms. The number of aromatic nitrogens is 1.